The third-order valence-electron chi connectivity index (χ3n) is 4.85. The number of hydrogen-bond acceptors (Lipinski definition) is 5. The van der Waals surface area contributed by atoms with Crippen LogP contribution in [0.1, 0.15) is 23.1 Å². The van der Waals surface area contributed by atoms with Crippen molar-refractivity contribution < 1.29 is 9.53 Å². The Morgan fingerprint density at radius 3 is 2.48 bits per heavy atom. The Morgan fingerprint density at radius 1 is 1.10 bits per heavy atom. The smallest absolute Gasteiger partial charge is 0.233 e. The van der Waals surface area contributed by atoms with Crippen LogP contribution in [0.2, 0.25) is 0 Å². The number of ether oxygens (including phenoxy) is 1. The summed E-state index contributed by atoms with van der Waals surface area (Å²) in [4.78, 5) is 22.0. The Balaban J connectivity index is 1.86. The highest BCUT2D eigenvalue weighted by Crippen LogP contribution is 2.32. The Bertz CT molecular complexity index is 980. The van der Waals surface area contributed by atoms with E-state index in [4.69, 9.17) is 9.72 Å². The summed E-state index contributed by atoms with van der Waals surface area (Å²) in [5, 5.41) is 0.783. The molecule has 154 valence electrons. The van der Waals surface area contributed by atoms with Gasteiger partial charge in [0.25, 0.3) is 0 Å². The lowest BCUT2D eigenvalue weighted by atomic mass is 10.1. The van der Waals surface area contributed by atoms with Crippen molar-refractivity contribution in [1.82, 2.24) is 9.88 Å². The maximum atomic E-state index is 13.2. The third-order valence-corrected chi connectivity index (χ3v) is 5.88. The van der Waals surface area contributed by atoms with E-state index in [1.54, 1.807) is 18.4 Å². The summed E-state index contributed by atoms with van der Waals surface area (Å²) in [6, 6.07) is 12.0. The van der Waals surface area contributed by atoms with Gasteiger partial charge in [0.1, 0.15) is 5.75 Å². The minimum atomic E-state index is 0.0716. The molecule has 0 atom stereocenters. The van der Waals surface area contributed by atoms with Gasteiger partial charge < -0.3 is 9.64 Å². The van der Waals surface area contributed by atoms with Gasteiger partial charge in [-0.15, -0.1) is 0 Å². The summed E-state index contributed by atoms with van der Waals surface area (Å²) < 4.78 is 6.34. The van der Waals surface area contributed by atoms with Gasteiger partial charge in [-0.05, 0) is 75.8 Å². The van der Waals surface area contributed by atoms with Gasteiger partial charge in [0.05, 0.1) is 23.7 Å². The first kappa shape index (κ1) is 21.3. The average molecular weight is 412 g/mol. The lowest BCUT2D eigenvalue weighted by molar-refractivity contribution is -0.118. The Hall–Kier alpha value is -2.44. The molecular formula is C23H29N3O2S. The number of carbonyl (C=O) groups excluding carboxylic acids is 1. The van der Waals surface area contributed by atoms with Crippen molar-refractivity contribution in [3.63, 3.8) is 0 Å². The number of anilines is 1. The SMILES string of the molecule is COc1ccc(CC(=O)N(CCCN(C)C)c2nc3c(C)cc(C)cc3s2)cc1. The zero-order valence-electron chi connectivity index (χ0n) is 17.9. The van der Waals surface area contributed by atoms with E-state index in [2.05, 4.69) is 30.9 Å². The van der Waals surface area contributed by atoms with Gasteiger partial charge in [-0.3, -0.25) is 9.69 Å². The van der Waals surface area contributed by atoms with E-state index >= 15 is 0 Å². The van der Waals surface area contributed by atoms with Crippen LogP contribution in [0.15, 0.2) is 36.4 Å². The maximum absolute atomic E-state index is 13.2. The highest BCUT2D eigenvalue weighted by molar-refractivity contribution is 7.22. The first-order valence-electron chi connectivity index (χ1n) is 9.83. The Morgan fingerprint density at radius 2 is 1.83 bits per heavy atom. The maximum Gasteiger partial charge on any atom is 0.233 e. The van der Waals surface area contributed by atoms with Gasteiger partial charge in [-0.25, -0.2) is 4.98 Å². The van der Waals surface area contributed by atoms with E-state index in [1.165, 1.54) is 5.56 Å². The summed E-state index contributed by atoms with van der Waals surface area (Å²) in [7, 11) is 5.74. The average Bonchev–Trinajstić information content (AvgIpc) is 3.09. The lowest BCUT2D eigenvalue weighted by Gasteiger charge is -2.21. The van der Waals surface area contributed by atoms with Crippen LogP contribution < -0.4 is 9.64 Å². The normalized spacial score (nSPS) is 11.2. The molecule has 0 aliphatic carbocycles. The molecule has 6 heteroatoms. The van der Waals surface area contributed by atoms with Crippen LogP contribution in [-0.4, -0.2) is 50.1 Å². The van der Waals surface area contributed by atoms with Crippen LogP contribution in [0.4, 0.5) is 5.13 Å². The molecule has 0 fully saturated rings. The molecule has 0 saturated carbocycles. The quantitative estimate of drug-likeness (QED) is 0.549. The molecule has 2 aromatic carbocycles. The highest BCUT2D eigenvalue weighted by atomic mass is 32.1. The van der Waals surface area contributed by atoms with Gasteiger partial charge in [-0.2, -0.15) is 0 Å². The summed E-state index contributed by atoms with van der Waals surface area (Å²) in [5.41, 5.74) is 4.33. The largest absolute Gasteiger partial charge is 0.497 e. The predicted octanol–water partition coefficient (Wildman–Crippen LogP) is 4.45. The molecule has 0 saturated heterocycles. The van der Waals surface area contributed by atoms with Gasteiger partial charge in [0.2, 0.25) is 5.91 Å². The molecule has 0 aliphatic heterocycles. The topological polar surface area (TPSA) is 45.7 Å². The number of aromatic nitrogens is 1. The second kappa shape index (κ2) is 9.37. The summed E-state index contributed by atoms with van der Waals surface area (Å²) in [5.74, 6) is 0.864. The van der Waals surface area contributed by atoms with Crippen LogP contribution >= 0.6 is 11.3 Å². The number of carbonyl (C=O) groups is 1. The summed E-state index contributed by atoms with van der Waals surface area (Å²) >= 11 is 1.60. The molecular weight excluding hydrogens is 382 g/mol. The van der Waals surface area contributed by atoms with E-state index in [0.29, 0.717) is 13.0 Å². The van der Waals surface area contributed by atoms with Crippen molar-refractivity contribution in [2.24, 2.45) is 0 Å². The molecule has 0 radical (unpaired) electrons. The molecule has 1 amide bonds. The highest BCUT2D eigenvalue weighted by Gasteiger charge is 2.20. The van der Waals surface area contributed by atoms with Crippen LogP contribution in [0.25, 0.3) is 10.2 Å². The fourth-order valence-electron chi connectivity index (χ4n) is 3.36. The predicted molar refractivity (Wildman–Crippen MR) is 121 cm³/mol. The van der Waals surface area contributed by atoms with Gasteiger partial charge in [0, 0.05) is 6.54 Å². The lowest BCUT2D eigenvalue weighted by Crippen LogP contribution is -2.34. The molecule has 0 spiro atoms. The molecule has 0 unspecified atom stereocenters. The van der Waals surface area contributed by atoms with Crippen molar-refractivity contribution in [1.29, 1.82) is 0 Å². The number of amides is 1. The molecule has 1 heterocycles. The van der Waals surface area contributed by atoms with Crippen molar-refractivity contribution in [2.75, 3.05) is 39.2 Å². The molecule has 3 rings (SSSR count). The minimum absolute atomic E-state index is 0.0716. The van der Waals surface area contributed by atoms with Crippen LogP contribution in [-0.2, 0) is 11.2 Å². The van der Waals surface area contributed by atoms with Gasteiger partial charge >= 0.3 is 0 Å². The van der Waals surface area contributed by atoms with Gasteiger partial charge in [0.15, 0.2) is 5.13 Å². The standard InChI is InChI=1S/C23H29N3O2S/c1-16-13-17(2)22-20(14-16)29-23(24-22)26(12-6-11-25(3)4)21(27)15-18-7-9-19(28-5)10-8-18/h7-10,13-14H,6,11-12,15H2,1-5H3. The van der Waals surface area contributed by atoms with Crippen LogP contribution in [0.3, 0.4) is 0 Å². The number of nitrogens with zero attached hydrogens (tertiary/aromatic N) is 3. The second-order valence-corrected chi connectivity index (χ2v) is 8.66. The molecule has 0 bridgehead atoms. The number of thiazole rings is 1. The van der Waals surface area contributed by atoms with Crippen LogP contribution in [0.5, 0.6) is 5.75 Å². The summed E-state index contributed by atoms with van der Waals surface area (Å²) in [6.45, 7) is 5.75. The Labute approximate surface area is 176 Å². The molecule has 29 heavy (non-hydrogen) atoms. The number of methoxy groups -OCH3 is 1. The van der Waals surface area contributed by atoms with Crippen molar-refractivity contribution >= 4 is 32.6 Å². The van der Waals surface area contributed by atoms with E-state index in [1.807, 2.05) is 43.3 Å². The molecule has 0 N–H and O–H groups in total. The first-order chi connectivity index (χ1) is 13.9. The third kappa shape index (κ3) is 5.34. The number of hydrogen-bond donors (Lipinski definition) is 0. The summed E-state index contributed by atoms with van der Waals surface area (Å²) in [6.07, 6.45) is 1.25. The monoisotopic (exact) mass is 411 g/mol. The van der Waals surface area contributed by atoms with Crippen molar-refractivity contribution in [3.05, 3.63) is 53.1 Å². The molecule has 5 nitrogen and oxygen atoms in total. The van der Waals surface area contributed by atoms with E-state index in [9.17, 15) is 4.79 Å². The second-order valence-electron chi connectivity index (χ2n) is 7.65. The molecule has 3 aromatic rings. The first-order valence-corrected chi connectivity index (χ1v) is 10.6. The minimum Gasteiger partial charge on any atom is -0.497 e. The Kier molecular flexibility index (Phi) is 6.87. The van der Waals surface area contributed by atoms with E-state index < -0.39 is 0 Å². The zero-order valence-corrected chi connectivity index (χ0v) is 18.7. The number of benzene rings is 2. The number of aryl methyl sites for hydroxylation is 2. The number of fused-ring (bicyclic) bond motifs is 1. The fourth-order valence-corrected chi connectivity index (χ4v) is 4.54. The van der Waals surface area contributed by atoms with Crippen molar-refractivity contribution in [2.45, 2.75) is 26.7 Å². The molecule has 0 aliphatic rings. The van der Waals surface area contributed by atoms with Crippen molar-refractivity contribution in [3.8, 4) is 5.75 Å². The van der Waals surface area contributed by atoms with Crippen LogP contribution in [0, 0.1) is 13.8 Å². The fraction of sp³-hybridized carbons (Fsp3) is 0.391. The molecule has 1 aromatic heterocycles. The zero-order chi connectivity index (χ0) is 21.0. The number of rotatable bonds is 8. The van der Waals surface area contributed by atoms with Gasteiger partial charge in [-0.1, -0.05) is 29.5 Å². The van der Waals surface area contributed by atoms with E-state index in [0.717, 1.165) is 45.2 Å². The van der Waals surface area contributed by atoms with E-state index in [-0.39, 0.29) is 5.91 Å².